The van der Waals surface area contributed by atoms with Crippen molar-refractivity contribution in [1.82, 2.24) is 9.55 Å². The minimum atomic E-state index is -0.495. The summed E-state index contributed by atoms with van der Waals surface area (Å²) in [6.07, 6.45) is 0. The van der Waals surface area contributed by atoms with Crippen molar-refractivity contribution in [2.45, 2.75) is 6.54 Å². The molecule has 0 amide bonds. The van der Waals surface area contributed by atoms with Crippen LogP contribution in [-0.4, -0.2) is 16.7 Å². The Kier molecular flexibility index (Phi) is 3.43. The lowest BCUT2D eigenvalue weighted by molar-refractivity contribution is 0.408. The molecule has 108 valence electrons. The molecular weight excluding hydrogens is 293 g/mol. The van der Waals surface area contributed by atoms with Crippen LogP contribution in [-0.2, 0) is 6.54 Å². The fourth-order valence-corrected chi connectivity index (χ4v) is 2.47. The smallest absolute Gasteiger partial charge is 0.201 e. The van der Waals surface area contributed by atoms with Crippen molar-refractivity contribution in [2.24, 2.45) is 0 Å². The largest absolute Gasteiger partial charge is 0.496 e. The van der Waals surface area contributed by atoms with Crippen LogP contribution in [0.4, 0.5) is 10.3 Å². The standard InChI is InChI=1S/C15H13ClFN3O/c1-21-14-5-3-2-4-9(14)8-20-13-7-11(17)10(16)6-12(13)19-15(20)18/h2-7H,8H2,1H3,(H2,18,19). The molecule has 4 nitrogen and oxygen atoms in total. The number of aromatic nitrogens is 2. The average molecular weight is 306 g/mol. The number of fused-ring (bicyclic) bond motifs is 1. The molecule has 1 aromatic heterocycles. The fraction of sp³-hybridized carbons (Fsp3) is 0.133. The minimum absolute atomic E-state index is 0.0319. The number of imidazole rings is 1. The third-order valence-corrected chi connectivity index (χ3v) is 3.63. The molecule has 0 saturated heterocycles. The molecule has 3 rings (SSSR count). The van der Waals surface area contributed by atoms with E-state index in [1.54, 1.807) is 11.7 Å². The van der Waals surface area contributed by atoms with Gasteiger partial charge >= 0.3 is 0 Å². The first-order chi connectivity index (χ1) is 10.1. The lowest BCUT2D eigenvalue weighted by Crippen LogP contribution is -2.05. The Balaban J connectivity index is 2.12. The van der Waals surface area contributed by atoms with Gasteiger partial charge in [0.1, 0.15) is 11.6 Å². The predicted molar refractivity (Wildman–Crippen MR) is 81.2 cm³/mol. The molecule has 0 radical (unpaired) electrons. The normalized spacial score (nSPS) is 11.0. The average Bonchev–Trinajstić information content (AvgIpc) is 2.76. The van der Waals surface area contributed by atoms with Gasteiger partial charge in [-0.25, -0.2) is 9.37 Å². The number of nitrogens with two attached hydrogens (primary N) is 1. The highest BCUT2D eigenvalue weighted by Gasteiger charge is 2.13. The fourth-order valence-electron chi connectivity index (χ4n) is 2.31. The monoisotopic (exact) mass is 305 g/mol. The van der Waals surface area contributed by atoms with Crippen molar-refractivity contribution in [2.75, 3.05) is 12.8 Å². The van der Waals surface area contributed by atoms with E-state index in [0.29, 0.717) is 23.5 Å². The van der Waals surface area contributed by atoms with Gasteiger partial charge in [-0.1, -0.05) is 29.8 Å². The number of para-hydroxylation sites is 1. The lowest BCUT2D eigenvalue weighted by Gasteiger charge is -2.10. The molecule has 0 atom stereocenters. The molecule has 0 aliphatic heterocycles. The summed E-state index contributed by atoms with van der Waals surface area (Å²) >= 11 is 5.77. The Labute approximate surface area is 125 Å². The van der Waals surface area contributed by atoms with E-state index in [-0.39, 0.29) is 5.02 Å². The Morgan fingerprint density at radius 2 is 2.10 bits per heavy atom. The highest BCUT2D eigenvalue weighted by atomic mass is 35.5. The molecule has 0 aliphatic rings. The maximum Gasteiger partial charge on any atom is 0.201 e. The number of methoxy groups -OCH3 is 1. The van der Waals surface area contributed by atoms with Crippen LogP contribution in [0, 0.1) is 5.82 Å². The van der Waals surface area contributed by atoms with Crippen molar-refractivity contribution in [3.05, 3.63) is 52.8 Å². The molecular formula is C15H13ClFN3O. The van der Waals surface area contributed by atoms with Gasteiger partial charge in [0, 0.05) is 11.6 Å². The van der Waals surface area contributed by atoms with Gasteiger partial charge in [-0.05, 0) is 12.1 Å². The Morgan fingerprint density at radius 1 is 1.33 bits per heavy atom. The van der Waals surface area contributed by atoms with Crippen molar-refractivity contribution >= 4 is 28.6 Å². The van der Waals surface area contributed by atoms with E-state index in [1.165, 1.54) is 12.1 Å². The van der Waals surface area contributed by atoms with Crippen LogP contribution in [0.15, 0.2) is 36.4 Å². The van der Waals surface area contributed by atoms with Crippen LogP contribution < -0.4 is 10.5 Å². The van der Waals surface area contributed by atoms with E-state index in [2.05, 4.69) is 4.98 Å². The SMILES string of the molecule is COc1ccccc1Cn1c(N)nc2cc(Cl)c(F)cc21. The number of nitrogen functional groups attached to an aromatic ring is 1. The summed E-state index contributed by atoms with van der Waals surface area (Å²) in [6.45, 7) is 0.438. The number of hydrogen-bond acceptors (Lipinski definition) is 3. The topological polar surface area (TPSA) is 53.1 Å². The van der Waals surface area contributed by atoms with Crippen molar-refractivity contribution in [3.63, 3.8) is 0 Å². The van der Waals surface area contributed by atoms with Gasteiger partial charge in [0.15, 0.2) is 0 Å². The summed E-state index contributed by atoms with van der Waals surface area (Å²) in [6, 6.07) is 10.4. The summed E-state index contributed by atoms with van der Waals surface area (Å²) in [5, 5.41) is 0.0319. The number of benzene rings is 2. The zero-order chi connectivity index (χ0) is 15.0. The van der Waals surface area contributed by atoms with Gasteiger partial charge in [-0.3, -0.25) is 0 Å². The minimum Gasteiger partial charge on any atom is -0.496 e. The third-order valence-electron chi connectivity index (χ3n) is 3.34. The molecule has 0 unspecified atom stereocenters. The number of anilines is 1. The van der Waals surface area contributed by atoms with Crippen LogP contribution in [0.2, 0.25) is 5.02 Å². The molecule has 2 N–H and O–H groups in total. The van der Waals surface area contributed by atoms with E-state index >= 15 is 0 Å². The summed E-state index contributed by atoms with van der Waals surface area (Å²) in [5.41, 5.74) is 8.03. The molecule has 21 heavy (non-hydrogen) atoms. The highest BCUT2D eigenvalue weighted by molar-refractivity contribution is 6.31. The maximum atomic E-state index is 13.7. The number of nitrogens with zero attached hydrogens (tertiary/aromatic N) is 2. The first-order valence-electron chi connectivity index (χ1n) is 6.33. The van der Waals surface area contributed by atoms with E-state index < -0.39 is 5.82 Å². The van der Waals surface area contributed by atoms with Gasteiger partial charge in [0.25, 0.3) is 0 Å². The van der Waals surface area contributed by atoms with Crippen molar-refractivity contribution in [3.8, 4) is 5.75 Å². The molecule has 2 aromatic carbocycles. The van der Waals surface area contributed by atoms with E-state index in [1.807, 2.05) is 24.3 Å². The highest BCUT2D eigenvalue weighted by Crippen LogP contribution is 2.27. The van der Waals surface area contributed by atoms with Gasteiger partial charge < -0.3 is 15.0 Å². The Bertz CT molecular complexity index is 816. The maximum absolute atomic E-state index is 13.7. The van der Waals surface area contributed by atoms with E-state index in [4.69, 9.17) is 22.1 Å². The van der Waals surface area contributed by atoms with E-state index in [9.17, 15) is 4.39 Å². The Hall–Kier alpha value is -2.27. The van der Waals surface area contributed by atoms with Crippen LogP contribution in [0.25, 0.3) is 11.0 Å². The second-order valence-corrected chi connectivity index (χ2v) is 5.03. The van der Waals surface area contributed by atoms with Crippen molar-refractivity contribution in [1.29, 1.82) is 0 Å². The number of ether oxygens (including phenoxy) is 1. The summed E-state index contributed by atoms with van der Waals surface area (Å²) in [7, 11) is 1.60. The quantitative estimate of drug-likeness (QED) is 0.806. The molecule has 0 aliphatic carbocycles. The zero-order valence-electron chi connectivity index (χ0n) is 11.3. The third kappa shape index (κ3) is 2.40. The lowest BCUT2D eigenvalue weighted by atomic mass is 10.2. The van der Waals surface area contributed by atoms with Gasteiger partial charge in [0.2, 0.25) is 5.95 Å². The van der Waals surface area contributed by atoms with Gasteiger partial charge in [-0.15, -0.1) is 0 Å². The van der Waals surface area contributed by atoms with E-state index in [0.717, 1.165) is 11.3 Å². The van der Waals surface area contributed by atoms with Crippen molar-refractivity contribution < 1.29 is 9.13 Å². The molecule has 0 fully saturated rings. The second kappa shape index (κ2) is 5.26. The predicted octanol–water partition coefficient (Wildman–Crippen LogP) is 3.47. The molecule has 0 spiro atoms. The number of hydrogen-bond donors (Lipinski definition) is 1. The Morgan fingerprint density at radius 3 is 2.86 bits per heavy atom. The molecule has 6 heteroatoms. The first-order valence-corrected chi connectivity index (χ1v) is 6.70. The zero-order valence-corrected chi connectivity index (χ0v) is 12.1. The van der Waals surface area contributed by atoms with Crippen LogP contribution in [0.1, 0.15) is 5.56 Å². The summed E-state index contributed by atoms with van der Waals surface area (Å²) in [5.74, 6) is 0.552. The van der Waals surface area contributed by atoms with Gasteiger partial charge in [-0.2, -0.15) is 0 Å². The van der Waals surface area contributed by atoms with Gasteiger partial charge in [0.05, 0.1) is 29.7 Å². The molecule has 0 bridgehead atoms. The first kappa shape index (κ1) is 13.7. The van der Waals surface area contributed by atoms with Crippen LogP contribution >= 0.6 is 11.6 Å². The molecule has 3 aromatic rings. The van der Waals surface area contributed by atoms with Crippen LogP contribution in [0.3, 0.4) is 0 Å². The number of halogens is 2. The summed E-state index contributed by atoms with van der Waals surface area (Å²) in [4.78, 5) is 4.22. The number of rotatable bonds is 3. The summed E-state index contributed by atoms with van der Waals surface area (Å²) < 4.78 is 20.7. The second-order valence-electron chi connectivity index (χ2n) is 4.62. The molecule has 1 heterocycles. The van der Waals surface area contributed by atoms with Crippen LogP contribution in [0.5, 0.6) is 5.75 Å². The molecule has 0 saturated carbocycles.